The van der Waals surface area contributed by atoms with Gasteiger partial charge >= 0.3 is 0 Å². The summed E-state index contributed by atoms with van der Waals surface area (Å²) >= 11 is 0. The van der Waals surface area contributed by atoms with Gasteiger partial charge in [-0.15, -0.1) is 0 Å². The number of nitrogens with zero attached hydrogens (tertiary/aromatic N) is 2. The molecule has 0 radical (unpaired) electrons. The molecule has 1 N–H and O–H groups in total. The van der Waals surface area contributed by atoms with E-state index in [0.29, 0.717) is 0 Å². The standard InChI is InChI=1S/C13H23N3O/c1-16-7-6-14-12(16)15-10-11-3-8-17-13(9-11)4-2-5-13/h11H,2-10H2,1H3,(H,14,15). The predicted molar refractivity (Wildman–Crippen MR) is 68.2 cm³/mol. The van der Waals surface area contributed by atoms with E-state index in [1.165, 1.54) is 32.1 Å². The van der Waals surface area contributed by atoms with Crippen LogP contribution in [0, 0.1) is 5.92 Å². The molecule has 1 saturated heterocycles. The van der Waals surface area contributed by atoms with Crippen molar-refractivity contribution in [2.75, 3.05) is 33.3 Å². The molecule has 4 heteroatoms. The van der Waals surface area contributed by atoms with Crippen LogP contribution in [-0.2, 0) is 4.74 Å². The second kappa shape index (κ2) is 4.48. The van der Waals surface area contributed by atoms with Crippen molar-refractivity contribution in [1.29, 1.82) is 0 Å². The number of hydrogen-bond acceptors (Lipinski definition) is 4. The van der Waals surface area contributed by atoms with Crippen LogP contribution < -0.4 is 5.32 Å². The minimum absolute atomic E-state index is 0.272. The summed E-state index contributed by atoms with van der Waals surface area (Å²) in [5.74, 6) is 1.85. The highest BCUT2D eigenvalue weighted by Crippen LogP contribution is 2.43. The second-order valence-electron chi connectivity index (χ2n) is 5.75. The van der Waals surface area contributed by atoms with Gasteiger partial charge < -0.3 is 15.0 Å². The van der Waals surface area contributed by atoms with Gasteiger partial charge in [-0.25, -0.2) is 0 Å². The zero-order valence-electron chi connectivity index (χ0n) is 10.7. The Morgan fingerprint density at radius 3 is 3.06 bits per heavy atom. The minimum atomic E-state index is 0.272. The Labute approximate surface area is 103 Å². The molecule has 0 amide bonds. The fourth-order valence-electron chi connectivity index (χ4n) is 3.18. The van der Waals surface area contributed by atoms with Crippen LogP contribution in [0.2, 0.25) is 0 Å². The lowest BCUT2D eigenvalue weighted by Gasteiger charge is -2.47. The third kappa shape index (κ3) is 2.28. The van der Waals surface area contributed by atoms with Crippen molar-refractivity contribution in [3.05, 3.63) is 0 Å². The fourth-order valence-corrected chi connectivity index (χ4v) is 3.18. The summed E-state index contributed by atoms with van der Waals surface area (Å²) in [5, 5.41) is 3.51. The Bertz CT molecular complexity index is 312. The summed E-state index contributed by atoms with van der Waals surface area (Å²) in [6.07, 6.45) is 6.37. The lowest BCUT2D eigenvalue weighted by Crippen LogP contribution is -2.48. The summed E-state index contributed by atoms with van der Waals surface area (Å²) < 4.78 is 5.96. The van der Waals surface area contributed by atoms with Gasteiger partial charge in [-0.05, 0) is 38.0 Å². The van der Waals surface area contributed by atoms with Crippen LogP contribution >= 0.6 is 0 Å². The molecule has 2 fully saturated rings. The molecule has 1 aliphatic carbocycles. The lowest BCUT2D eigenvalue weighted by molar-refractivity contribution is -0.142. The van der Waals surface area contributed by atoms with Gasteiger partial charge in [-0.2, -0.15) is 0 Å². The van der Waals surface area contributed by atoms with E-state index in [2.05, 4.69) is 22.3 Å². The van der Waals surface area contributed by atoms with Gasteiger partial charge in [-0.1, -0.05) is 0 Å². The smallest absolute Gasteiger partial charge is 0.193 e. The van der Waals surface area contributed by atoms with Crippen molar-refractivity contribution < 1.29 is 4.74 Å². The third-order valence-electron chi connectivity index (χ3n) is 4.47. The highest BCUT2D eigenvalue weighted by atomic mass is 16.5. The van der Waals surface area contributed by atoms with E-state index >= 15 is 0 Å². The third-order valence-corrected chi connectivity index (χ3v) is 4.47. The molecule has 1 atom stereocenters. The fraction of sp³-hybridized carbons (Fsp3) is 0.923. The van der Waals surface area contributed by atoms with Crippen LogP contribution in [0.25, 0.3) is 0 Å². The average molecular weight is 237 g/mol. The monoisotopic (exact) mass is 237 g/mol. The largest absolute Gasteiger partial charge is 0.375 e. The first-order chi connectivity index (χ1) is 8.27. The lowest BCUT2D eigenvalue weighted by atomic mass is 9.72. The topological polar surface area (TPSA) is 36.9 Å². The molecule has 1 spiro atoms. The zero-order chi connectivity index (χ0) is 11.7. The summed E-state index contributed by atoms with van der Waals surface area (Å²) in [4.78, 5) is 6.68. The highest BCUT2D eigenvalue weighted by Gasteiger charge is 2.42. The molecule has 3 aliphatic rings. The van der Waals surface area contributed by atoms with Crippen LogP contribution in [-0.4, -0.2) is 49.7 Å². The molecule has 4 nitrogen and oxygen atoms in total. The van der Waals surface area contributed by atoms with E-state index in [0.717, 1.165) is 38.1 Å². The molecule has 0 aromatic rings. The van der Waals surface area contributed by atoms with Gasteiger partial charge in [-0.3, -0.25) is 4.99 Å². The van der Waals surface area contributed by atoms with E-state index in [9.17, 15) is 0 Å². The van der Waals surface area contributed by atoms with E-state index < -0.39 is 0 Å². The van der Waals surface area contributed by atoms with E-state index in [1.54, 1.807) is 0 Å². The maximum atomic E-state index is 5.96. The Hall–Kier alpha value is -0.770. The van der Waals surface area contributed by atoms with Crippen molar-refractivity contribution in [2.24, 2.45) is 10.9 Å². The van der Waals surface area contributed by atoms with Crippen molar-refractivity contribution in [2.45, 2.75) is 37.7 Å². The molecular weight excluding hydrogens is 214 g/mol. The van der Waals surface area contributed by atoms with Crippen LogP contribution in [0.3, 0.4) is 0 Å². The van der Waals surface area contributed by atoms with Gasteiger partial charge in [0.1, 0.15) is 0 Å². The zero-order valence-corrected chi connectivity index (χ0v) is 10.7. The first kappa shape index (κ1) is 11.3. The number of likely N-dealkylation sites (N-methyl/N-ethyl adjacent to an activating group) is 1. The second-order valence-corrected chi connectivity index (χ2v) is 5.75. The average Bonchev–Trinajstić information content (AvgIpc) is 2.71. The Kier molecular flexibility index (Phi) is 2.99. The quantitative estimate of drug-likeness (QED) is 0.785. The van der Waals surface area contributed by atoms with E-state index in [1.807, 2.05) is 0 Å². The molecule has 2 aliphatic heterocycles. The van der Waals surface area contributed by atoms with Crippen LogP contribution in [0.4, 0.5) is 0 Å². The van der Waals surface area contributed by atoms with Gasteiger partial charge in [0.15, 0.2) is 5.96 Å². The van der Waals surface area contributed by atoms with Crippen molar-refractivity contribution >= 4 is 5.96 Å². The van der Waals surface area contributed by atoms with Crippen LogP contribution in [0.15, 0.2) is 4.99 Å². The van der Waals surface area contributed by atoms with E-state index in [4.69, 9.17) is 4.74 Å². The maximum absolute atomic E-state index is 5.96. The molecule has 1 saturated carbocycles. The molecule has 17 heavy (non-hydrogen) atoms. The molecule has 96 valence electrons. The van der Waals surface area contributed by atoms with Crippen molar-refractivity contribution in [3.63, 3.8) is 0 Å². The summed E-state index contributed by atoms with van der Waals surface area (Å²) in [6, 6.07) is 0. The number of rotatable bonds is 2. The van der Waals surface area contributed by atoms with E-state index in [-0.39, 0.29) is 5.60 Å². The van der Waals surface area contributed by atoms with Gasteiger partial charge in [0.05, 0.1) is 12.1 Å². The molecule has 0 aromatic heterocycles. The molecule has 0 aromatic carbocycles. The maximum Gasteiger partial charge on any atom is 0.193 e. The number of nitrogens with one attached hydrogen (secondary N) is 1. The number of aliphatic imine (C=N–C) groups is 1. The molecule has 0 bridgehead atoms. The minimum Gasteiger partial charge on any atom is -0.375 e. The Morgan fingerprint density at radius 2 is 2.41 bits per heavy atom. The van der Waals surface area contributed by atoms with Crippen molar-refractivity contribution in [3.8, 4) is 0 Å². The first-order valence-electron chi connectivity index (χ1n) is 6.91. The normalized spacial score (nSPS) is 31.2. The van der Waals surface area contributed by atoms with Crippen LogP contribution in [0.1, 0.15) is 32.1 Å². The molecule has 3 rings (SSSR count). The van der Waals surface area contributed by atoms with Gasteiger partial charge in [0.25, 0.3) is 0 Å². The molecule has 1 unspecified atom stereocenters. The summed E-state index contributed by atoms with van der Waals surface area (Å²) in [7, 11) is 2.11. The van der Waals surface area contributed by atoms with Gasteiger partial charge in [0, 0.05) is 26.7 Å². The first-order valence-corrected chi connectivity index (χ1v) is 6.91. The SMILES string of the molecule is CN1CCN=C1NCC1CCOC2(CCC2)C1. The Balaban J connectivity index is 1.48. The highest BCUT2D eigenvalue weighted by molar-refractivity contribution is 5.81. The summed E-state index contributed by atoms with van der Waals surface area (Å²) in [6.45, 7) is 4.01. The number of ether oxygens (including phenoxy) is 1. The number of hydrogen-bond donors (Lipinski definition) is 1. The van der Waals surface area contributed by atoms with Crippen LogP contribution in [0.5, 0.6) is 0 Å². The summed E-state index contributed by atoms with van der Waals surface area (Å²) in [5.41, 5.74) is 0.272. The van der Waals surface area contributed by atoms with Gasteiger partial charge in [0.2, 0.25) is 0 Å². The molecular formula is C13H23N3O. The Morgan fingerprint density at radius 1 is 1.53 bits per heavy atom. The number of guanidine groups is 1. The molecule has 2 heterocycles. The van der Waals surface area contributed by atoms with Crippen molar-refractivity contribution in [1.82, 2.24) is 10.2 Å². The predicted octanol–water partition coefficient (Wildman–Crippen LogP) is 1.23.